The largest absolute Gasteiger partial charge is 0.481 e. The Morgan fingerprint density at radius 3 is 2.59 bits per heavy atom. The second kappa shape index (κ2) is 5.97. The molecule has 0 aromatic carbocycles. The van der Waals surface area contributed by atoms with Crippen molar-refractivity contribution in [3.05, 3.63) is 0 Å². The van der Waals surface area contributed by atoms with E-state index in [0.717, 1.165) is 13.1 Å². The number of ether oxygens (including phenoxy) is 1. The number of carboxylic acid groups (broad SMARTS) is 1. The highest BCUT2D eigenvalue weighted by molar-refractivity contribution is 5.78. The van der Waals surface area contributed by atoms with Crippen LogP contribution in [-0.2, 0) is 14.3 Å². The van der Waals surface area contributed by atoms with Crippen LogP contribution in [0.4, 0.5) is 0 Å². The van der Waals surface area contributed by atoms with Gasteiger partial charge in [-0.3, -0.25) is 9.59 Å². The first-order valence-corrected chi connectivity index (χ1v) is 5.81. The van der Waals surface area contributed by atoms with Gasteiger partial charge in [0.2, 0.25) is 5.91 Å². The summed E-state index contributed by atoms with van der Waals surface area (Å²) in [5.41, 5.74) is -0.256. The molecule has 1 saturated heterocycles. The van der Waals surface area contributed by atoms with Crippen LogP contribution in [0.1, 0.15) is 20.3 Å². The van der Waals surface area contributed by atoms with Gasteiger partial charge in [-0.1, -0.05) is 6.92 Å². The fourth-order valence-electron chi connectivity index (χ4n) is 1.51. The summed E-state index contributed by atoms with van der Waals surface area (Å²) in [6, 6.07) is 0. The van der Waals surface area contributed by atoms with Crippen LogP contribution >= 0.6 is 0 Å². The van der Waals surface area contributed by atoms with Gasteiger partial charge in [0.15, 0.2) is 0 Å². The van der Waals surface area contributed by atoms with Crippen molar-refractivity contribution in [1.29, 1.82) is 0 Å². The molecule has 0 saturated carbocycles. The van der Waals surface area contributed by atoms with Crippen molar-refractivity contribution in [3.8, 4) is 0 Å². The molecule has 6 nitrogen and oxygen atoms in total. The van der Waals surface area contributed by atoms with Crippen molar-refractivity contribution in [2.45, 2.75) is 25.9 Å². The van der Waals surface area contributed by atoms with Crippen LogP contribution in [-0.4, -0.2) is 48.8 Å². The molecule has 0 bridgehead atoms. The quantitative estimate of drug-likeness (QED) is 0.567. The molecule has 0 aromatic rings. The van der Waals surface area contributed by atoms with E-state index in [1.54, 1.807) is 6.92 Å². The van der Waals surface area contributed by atoms with Crippen molar-refractivity contribution < 1.29 is 19.4 Å². The first-order chi connectivity index (χ1) is 7.97. The summed E-state index contributed by atoms with van der Waals surface area (Å²) in [7, 11) is 0. The number of amides is 1. The van der Waals surface area contributed by atoms with Crippen molar-refractivity contribution in [1.82, 2.24) is 10.6 Å². The zero-order valence-electron chi connectivity index (χ0n) is 10.3. The van der Waals surface area contributed by atoms with Crippen molar-refractivity contribution in [3.63, 3.8) is 0 Å². The first-order valence-electron chi connectivity index (χ1n) is 5.81. The van der Waals surface area contributed by atoms with Gasteiger partial charge >= 0.3 is 5.97 Å². The number of carbonyl (C=O) groups excluding carboxylic acids is 1. The van der Waals surface area contributed by atoms with Crippen LogP contribution < -0.4 is 10.6 Å². The molecule has 1 fully saturated rings. The molecule has 0 radical (unpaired) electrons. The maximum absolute atomic E-state index is 11.4. The number of hydrogen-bond donors (Lipinski definition) is 3. The van der Waals surface area contributed by atoms with Crippen molar-refractivity contribution in [2.24, 2.45) is 5.92 Å². The molecule has 1 aliphatic rings. The molecule has 6 heteroatoms. The summed E-state index contributed by atoms with van der Waals surface area (Å²) in [6.45, 7) is 5.34. The third kappa shape index (κ3) is 4.32. The summed E-state index contributed by atoms with van der Waals surface area (Å²) in [5, 5.41) is 14.4. The van der Waals surface area contributed by atoms with Gasteiger partial charge in [-0.05, 0) is 13.3 Å². The normalized spacial score (nSPS) is 19.2. The second-order valence-electron chi connectivity index (χ2n) is 4.59. The molecule has 1 heterocycles. The van der Waals surface area contributed by atoms with E-state index in [1.807, 2.05) is 6.92 Å². The van der Waals surface area contributed by atoms with Crippen LogP contribution in [0.15, 0.2) is 0 Å². The molecular formula is C11H20N2O4. The highest BCUT2D eigenvalue weighted by Crippen LogP contribution is 2.14. The lowest BCUT2D eigenvalue weighted by Crippen LogP contribution is -2.59. The standard InChI is InChI=1S/C11H20N2O4/c1-3-8(10(15)16)4-13-9(14)5-17-11(2)6-12-7-11/h8,12H,3-7H2,1-2H3,(H,13,14)(H,15,16). The summed E-state index contributed by atoms with van der Waals surface area (Å²) >= 11 is 0. The van der Waals surface area contributed by atoms with Gasteiger partial charge in [0.05, 0.1) is 11.5 Å². The molecular weight excluding hydrogens is 224 g/mol. The number of nitrogens with one attached hydrogen (secondary N) is 2. The Bertz CT molecular complexity index is 289. The molecule has 1 unspecified atom stereocenters. The van der Waals surface area contributed by atoms with Gasteiger partial charge in [0, 0.05) is 19.6 Å². The molecule has 1 rings (SSSR count). The van der Waals surface area contributed by atoms with E-state index in [2.05, 4.69) is 10.6 Å². The van der Waals surface area contributed by atoms with E-state index >= 15 is 0 Å². The van der Waals surface area contributed by atoms with Gasteiger partial charge in [-0.25, -0.2) is 0 Å². The van der Waals surface area contributed by atoms with Crippen LogP contribution in [0.3, 0.4) is 0 Å². The van der Waals surface area contributed by atoms with Gasteiger partial charge in [0.25, 0.3) is 0 Å². The molecule has 98 valence electrons. The highest BCUT2D eigenvalue weighted by atomic mass is 16.5. The Kier molecular flexibility index (Phi) is 4.89. The lowest BCUT2D eigenvalue weighted by Gasteiger charge is -2.38. The summed E-state index contributed by atoms with van der Waals surface area (Å²) < 4.78 is 5.43. The predicted molar refractivity (Wildman–Crippen MR) is 61.7 cm³/mol. The average molecular weight is 244 g/mol. The smallest absolute Gasteiger partial charge is 0.308 e. The molecule has 0 aliphatic carbocycles. The molecule has 1 amide bonds. The minimum atomic E-state index is -0.885. The second-order valence-corrected chi connectivity index (χ2v) is 4.59. The lowest BCUT2D eigenvalue weighted by molar-refractivity contribution is -0.142. The topological polar surface area (TPSA) is 87.7 Å². The minimum absolute atomic E-state index is 0.0196. The van der Waals surface area contributed by atoms with Crippen molar-refractivity contribution >= 4 is 11.9 Å². The third-order valence-electron chi connectivity index (χ3n) is 2.94. The fourth-order valence-corrected chi connectivity index (χ4v) is 1.51. The zero-order chi connectivity index (χ0) is 12.9. The van der Waals surface area contributed by atoms with Gasteiger partial charge in [-0.2, -0.15) is 0 Å². The van der Waals surface area contributed by atoms with Gasteiger partial charge < -0.3 is 20.5 Å². The maximum atomic E-state index is 11.4. The Hall–Kier alpha value is -1.14. The van der Waals surface area contributed by atoms with E-state index in [-0.39, 0.29) is 24.7 Å². The Balaban J connectivity index is 2.18. The lowest BCUT2D eigenvalue weighted by atomic mass is 10.0. The molecule has 0 spiro atoms. The van der Waals surface area contributed by atoms with Gasteiger partial charge in [0.1, 0.15) is 6.61 Å². The first kappa shape index (κ1) is 13.9. The summed E-state index contributed by atoms with van der Waals surface area (Å²) in [5.74, 6) is -1.68. The average Bonchev–Trinajstić information content (AvgIpc) is 2.24. The summed E-state index contributed by atoms with van der Waals surface area (Å²) in [4.78, 5) is 22.1. The van der Waals surface area contributed by atoms with Crippen LogP contribution in [0.2, 0.25) is 0 Å². The molecule has 3 N–H and O–H groups in total. The van der Waals surface area contributed by atoms with Crippen LogP contribution in [0.25, 0.3) is 0 Å². The molecule has 1 atom stereocenters. The number of carbonyl (C=O) groups is 2. The SMILES string of the molecule is CCC(CNC(=O)COC1(C)CNC1)C(=O)O. The van der Waals surface area contributed by atoms with E-state index in [1.165, 1.54) is 0 Å². The van der Waals surface area contributed by atoms with E-state index in [0.29, 0.717) is 6.42 Å². The minimum Gasteiger partial charge on any atom is -0.481 e. The third-order valence-corrected chi connectivity index (χ3v) is 2.94. The molecule has 0 aromatic heterocycles. The van der Waals surface area contributed by atoms with E-state index in [9.17, 15) is 9.59 Å². The monoisotopic (exact) mass is 244 g/mol. The summed E-state index contributed by atoms with van der Waals surface area (Å²) in [6.07, 6.45) is 0.498. The fraction of sp³-hybridized carbons (Fsp3) is 0.818. The number of aliphatic carboxylic acids is 1. The Morgan fingerprint density at radius 1 is 1.53 bits per heavy atom. The van der Waals surface area contributed by atoms with Crippen molar-refractivity contribution in [2.75, 3.05) is 26.2 Å². The number of carboxylic acids is 1. The highest BCUT2D eigenvalue weighted by Gasteiger charge is 2.33. The maximum Gasteiger partial charge on any atom is 0.308 e. The predicted octanol–water partition coefficient (Wildman–Crippen LogP) is -0.408. The number of hydrogen-bond acceptors (Lipinski definition) is 4. The molecule has 17 heavy (non-hydrogen) atoms. The van der Waals surface area contributed by atoms with E-state index < -0.39 is 11.9 Å². The molecule has 1 aliphatic heterocycles. The zero-order valence-corrected chi connectivity index (χ0v) is 10.3. The van der Waals surface area contributed by atoms with Gasteiger partial charge in [-0.15, -0.1) is 0 Å². The Morgan fingerprint density at radius 2 is 2.18 bits per heavy atom. The van der Waals surface area contributed by atoms with E-state index in [4.69, 9.17) is 9.84 Å². The Labute approximate surface area is 101 Å². The van der Waals surface area contributed by atoms with Crippen LogP contribution in [0, 0.1) is 5.92 Å². The number of rotatable bonds is 7. The van der Waals surface area contributed by atoms with Crippen LogP contribution in [0.5, 0.6) is 0 Å².